The number of hydrogen-bond donors (Lipinski definition) is 0. The van der Waals surface area contributed by atoms with Crippen LogP contribution in [0.5, 0.6) is 0 Å². The minimum Gasteiger partial charge on any atom is -0.375 e. The molecule has 1 saturated carbocycles. The van der Waals surface area contributed by atoms with Crippen molar-refractivity contribution < 1.29 is 4.74 Å². The highest BCUT2D eigenvalue weighted by Crippen LogP contribution is 2.43. The fraction of sp³-hybridized carbons (Fsp3) is 1.00. The highest BCUT2D eigenvalue weighted by Gasteiger charge is 2.40. The summed E-state index contributed by atoms with van der Waals surface area (Å²) in [5.41, 5.74) is 0.533. The van der Waals surface area contributed by atoms with Crippen LogP contribution in [0.3, 0.4) is 0 Å². The second-order valence-electron chi connectivity index (χ2n) is 6.38. The first-order valence-electron chi connectivity index (χ1n) is 6.36. The van der Waals surface area contributed by atoms with E-state index in [1.807, 2.05) is 0 Å². The summed E-state index contributed by atoms with van der Waals surface area (Å²) in [7, 11) is 0. The molecule has 1 saturated heterocycles. The summed E-state index contributed by atoms with van der Waals surface area (Å²) in [6.07, 6.45) is 5.55. The van der Waals surface area contributed by atoms with Gasteiger partial charge < -0.3 is 9.64 Å². The van der Waals surface area contributed by atoms with Gasteiger partial charge in [-0.05, 0) is 53.1 Å². The van der Waals surface area contributed by atoms with Crippen molar-refractivity contribution in [1.82, 2.24) is 4.90 Å². The first kappa shape index (κ1) is 11.4. The molecule has 0 unspecified atom stereocenters. The van der Waals surface area contributed by atoms with E-state index in [1.165, 1.54) is 45.3 Å². The molecule has 2 fully saturated rings. The van der Waals surface area contributed by atoms with Crippen molar-refractivity contribution >= 4 is 0 Å². The van der Waals surface area contributed by atoms with Gasteiger partial charge in [-0.3, -0.25) is 0 Å². The maximum atomic E-state index is 5.98. The van der Waals surface area contributed by atoms with Crippen LogP contribution in [-0.2, 0) is 4.74 Å². The van der Waals surface area contributed by atoms with E-state index in [1.54, 1.807) is 0 Å². The Morgan fingerprint density at radius 1 is 1.13 bits per heavy atom. The van der Waals surface area contributed by atoms with Crippen LogP contribution >= 0.6 is 0 Å². The molecule has 2 heteroatoms. The third-order valence-corrected chi connectivity index (χ3v) is 3.73. The fourth-order valence-corrected chi connectivity index (χ4v) is 2.41. The number of ether oxygens (including phenoxy) is 1. The zero-order valence-electron chi connectivity index (χ0n) is 10.5. The molecule has 88 valence electrons. The lowest BCUT2D eigenvalue weighted by Gasteiger charge is -2.48. The third kappa shape index (κ3) is 2.94. The van der Waals surface area contributed by atoms with Crippen LogP contribution in [0.15, 0.2) is 0 Å². The Morgan fingerprint density at radius 3 is 2.13 bits per heavy atom. The number of rotatable bonds is 4. The Labute approximate surface area is 94.0 Å². The molecule has 0 aromatic carbocycles. The second-order valence-corrected chi connectivity index (χ2v) is 6.38. The second kappa shape index (κ2) is 4.06. The third-order valence-electron chi connectivity index (χ3n) is 3.73. The predicted molar refractivity (Wildman–Crippen MR) is 63.0 cm³/mol. The number of hydrogen-bond acceptors (Lipinski definition) is 2. The topological polar surface area (TPSA) is 12.5 Å². The van der Waals surface area contributed by atoms with Crippen molar-refractivity contribution in [2.75, 3.05) is 26.2 Å². The zero-order valence-corrected chi connectivity index (χ0v) is 10.5. The summed E-state index contributed by atoms with van der Waals surface area (Å²) >= 11 is 0. The molecule has 0 N–H and O–H groups in total. The maximum Gasteiger partial charge on any atom is 0.0598 e. The molecular formula is C13H25NO. The van der Waals surface area contributed by atoms with E-state index in [0.717, 1.165) is 6.61 Å². The monoisotopic (exact) mass is 211 g/mol. The standard InChI is InChI=1S/C13H25NO/c1-12(2,3)15-11-13(6-4-7-13)10-14-8-5-9-14/h4-11H2,1-3H3. The van der Waals surface area contributed by atoms with Gasteiger partial charge in [0.15, 0.2) is 0 Å². The fourth-order valence-electron chi connectivity index (χ4n) is 2.41. The summed E-state index contributed by atoms with van der Waals surface area (Å²) in [5.74, 6) is 0. The number of likely N-dealkylation sites (tertiary alicyclic amines) is 1. The molecule has 0 aromatic rings. The largest absolute Gasteiger partial charge is 0.375 e. The maximum absolute atomic E-state index is 5.98. The normalized spacial score (nSPS) is 25.8. The lowest BCUT2D eigenvalue weighted by atomic mass is 9.68. The first-order valence-corrected chi connectivity index (χ1v) is 6.36. The van der Waals surface area contributed by atoms with Crippen LogP contribution in [0.2, 0.25) is 0 Å². The molecule has 1 aliphatic heterocycles. The van der Waals surface area contributed by atoms with Gasteiger partial charge >= 0.3 is 0 Å². The molecule has 1 heterocycles. The summed E-state index contributed by atoms with van der Waals surface area (Å²) in [6, 6.07) is 0. The zero-order chi connectivity index (χ0) is 10.9. The number of nitrogens with zero attached hydrogens (tertiary/aromatic N) is 1. The van der Waals surface area contributed by atoms with Gasteiger partial charge in [0.1, 0.15) is 0 Å². The minimum absolute atomic E-state index is 0.0253. The molecule has 15 heavy (non-hydrogen) atoms. The van der Waals surface area contributed by atoms with Gasteiger partial charge in [-0.2, -0.15) is 0 Å². The van der Waals surface area contributed by atoms with Gasteiger partial charge in [0.2, 0.25) is 0 Å². The SMILES string of the molecule is CC(C)(C)OCC1(CN2CCC2)CCC1. The first-order chi connectivity index (χ1) is 6.99. The molecule has 0 spiro atoms. The molecule has 2 aliphatic rings. The molecule has 0 aromatic heterocycles. The Hall–Kier alpha value is -0.0800. The average molecular weight is 211 g/mol. The van der Waals surface area contributed by atoms with E-state index in [4.69, 9.17) is 4.74 Å². The van der Waals surface area contributed by atoms with Crippen molar-refractivity contribution in [2.45, 2.75) is 52.1 Å². The van der Waals surface area contributed by atoms with Crippen molar-refractivity contribution in [3.05, 3.63) is 0 Å². The summed E-state index contributed by atoms with van der Waals surface area (Å²) in [6.45, 7) is 11.3. The van der Waals surface area contributed by atoms with Crippen molar-refractivity contribution in [2.24, 2.45) is 5.41 Å². The Morgan fingerprint density at radius 2 is 1.80 bits per heavy atom. The molecule has 0 bridgehead atoms. The van der Waals surface area contributed by atoms with E-state index in [0.29, 0.717) is 5.41 Å². The van der Waals surface area contributed by atoms with E-state index >= 15 is 0 Å². The Balaban J connectivity index is 1.79. The van der Waals surface area contributed by atoms with Gasteiger partial charge in [-0.15, -0.1) is 0 Å². The van der Waals surface area contributed by atoms with Crippen molar-refractivity contribution in [3.8, 4) is 0 Å². The van der Waals surface area contributed by atoms with E-state index in [-0.39, 0.29) is 5.60 Å². The van der Waals surface area contributed by atoms with Gasteiger partial charge in [0.25, 0.3) is 0 Å². The summed E-state index contributed by atoms with van der Waals surface area (Å²) < 4.78 is 5.98. The van der Waals surface area contributed by atoms with Gasteiger partial charge in [0.05, 0.1) is 12.2 Å². The molecule has 2 nitrogen and oxygen atoms in total. The van der Waals surface area contributed by atoms with Crippen LogP contribution in [0.4, 0.5) is 0 Å². The van der Waals surface area contributed by atoms with Crippen molar-refractivity contribution in [1.29, 1.82) is 0 Å². The molecular weight excluding hydrogens is 186 g/mol. The lowest BCUT2D eigenvalue weighted by molar-refractivity contribution is -0.0940. The van der Waals surface area contributed by atoms with Crippen LogP contribution in [-0.4, -0.2) is 36.7 Å². The highest BCUT2D eigenvalue weighted by molar-refractivity contribution is 4.92. The molecule has 1 aliphatic carbocycles. The van der Waals surface area contributed by atoms with Gasteiger partial charge in [-0.25, -0.2) is 0 Å². The Bertz CT molecular complexity index is 211. The van der Waals surface area contributed by atoms with Gasteiger partial charge in [0, 0.05) is 12.0 Å². The van der Waals surface area contributed by atoms with Crippen LogP contribution < -0.4 is 0 Å². The molecule has 2 rings (SSSR count). The van der Waals surface area contributed by atoms with E-state index < -0.39 is 0 Å². The molecule has 0 amide bonds. The minimum atomic E-state index is 0.0253. The van der Waals surface area contributed by atoms with Crippen LogP contribution in [0.25, 0.3) is 0 Å². The summed E-state index contributed by atoms with van der Waals surface area (Å²) in [5, 5.41) is 0. The average Bonchev–Trinajstić information content (AvgIpc) is 1.96. The van der Waals surface area contributed by atoms with Crippen molar-refractivity contribution in [3.63, 3.8) is 0 Å². The van der Waals surface area contributed by atoms with E-state index in [9.17, 15) is 0 Å². The van der Waals surface area contributed by atoms with E-state index in [2.05, 4.69) is 25.7 Å². The highest BCUT2D eigenvalue weighted by atomic mass is 16.5. The predicted octanol–water partition coefficient (Wildman–Crippen LogP) is 2.68. The molecule has 0 radical (unpaired) electrons. The summed E-state index contributed by atoms with van der Waals surface area (Å²) in [4.78, 5) is 2.59. The smallest absolute Gasteiger partial charge is 0.0598 e. The quantitative estimate of drug-likeness (QED) is 0.709. The molecule has 0 atom stereocenters. The van der Waals surface area contributed by atoms with Crippen LogP contribution in [0.1, 0.15) is 46.5 Å². The van der Waals surface area contributed by atoms with Crippen LogP contribution in [0, 0.1) is 5.41 Å². The lowest BCUT2D eigenvalue weighted by Crippen LogP contribution is -2.50. The Kier molecular flexibility index (Phi) is 3.09. The van der Waals surface area contributed by atoms with Gasteiger partial charge in [-0.1, -0.05) is 6.42 Å².